The van der Waals surface area contributed by atoms with Crippen molar-refractivity contribution < 1.29 is 14.7 Å². The molecule has 2 rings (SSSR count). The van der Waals surface area contributed by atoms with Crippen LogP contribution in [0.5, 0.6) is 0 Å². The topological polar surface area (TPSA) is 66.4 Å². The highest BCUT2D eigenvalue weighted by Crippen LogP contribution is 2.23. The summed E-state index contributed by atoms with van der Waals surface area (Å²) in [5, 5.41) is 12.4. The monoisotopic (exact) mass is 303 g/mol. The number of halogens is 1. The second kappa shape index (κ2) is 6.41. The maximum Gasteiger partial charge on any atom is 0.335 e. The Hall–Kier alpha value is -2.33. The Kier molecular flexibility index (Phi) is 4.60. The molecule has 4 nitrogen and oxygen atoms in total. The summed E-state index contributed by atoms with van der Waals surface area (Å²) in [6, 6.07) is 11.7. The minimum absolute atomic E-state index is 0.00553. The molecular formula is C16H14ClNO3. The number of amides is 1. The molecule has 0 bridgehead atoms. The molecule has 0 unspecified atom stereocenters. The summed E-state index contributed by atoms with van der Waals surface area (Å²) < 4.78 is 0. The molecule has 2 aromatic rings. The molecule has 0 aromatic heterocycles. The van der Waals surface area contributed by atoms with Gasteiger partial charge in [-0.2, -0.15) is 0 Å². The minimum atomic E-state index is -1.04. The van der Waals surface area contributed by atoms with Crippen molar-refractivity contribution in [2.75, 3.05) is 5.32 Å². The van der Waals surface area contributed by atoms with Crippen LogP contribution < -0.4 is 5.32 Å². The fourth-order valence-corrected chi connectivity index (χ4v) is 2.17. The number of hydrogen-bond donors (Lipinski definition) is 2. The van der Waals surface area contributed by atoms with Gasteiger partial charge in [-0.15, -0.1) is 0 Å². The first-order valence-electron chi connectivity index (χ1n) is 6.35. The van der Waals surface area contributed by atoms with Gasteiger partial charge in [-0.1, -0.05) is 35.9 Å². The highest BCUT2D eigenvalue weighted by molar-refractivity contribution is 6.31. The average Bonchev–Trinajstić information content (AvgIpc) is 2.44. The van der Waals surface area contributed by atoms with E-state index in [1.165, 1.54) is 6.07 Å². The fraction of sp³-hybridized carbons (Fsp3) is 0.125. The van der Waals surface area contributed by atoms with Crippen molar-refractivity contribution in [1.82, 2.24) is 0 Å². The lowest BCUT2D eigenvalue weighted by Gasteiger charge is -2.10. The van der Waals surface area contributed by atoms with Gasteiger partial charge in [0.25, 0.3) is 0 Å². The summed E-state index contributed by atoms with van der Waals surface area (Å²) in [6.07, 6.45) is -0.00553. The van der Waals surface area contributed by atoms with Crippen molar-refractivity contribution in [3.05, 3.63) is 64.2 Å². The van der Waals surface area contributed by atoms with Crippen molar-refractivity contribution in [2.45, 2.75) is 13.3 Å². The van der Waals surface area contributed by atoms with E-state index >= 15 is 0 Å². The van der Waals surface area contributed by atoms with E-state index in [0.717, 1.165) is 5.56 Å². The molecule has 2 N–H and O–H groups in total. The van der Waals surface area contributed by atoms with E-state index in [1.54, 1.807) is 36.4 Å². The molecule has 0 fully saturated rings. The molecule has 0 radical (unpaired) electrons. The Balaban J connectivity index is 2.16. The third-order valence-electron chi connectivity index (χ3n) is 3.14. The highest BCUT2D eigenvalue weighted by Gasteiger charge is 2.13. The quantitative estimate of drug-likeness (QED) is 0.908. The average molecular weight is 304 g/mol. The number of carboxylic acid groups (broad SMARTS) is 1. The van der Waals surface area contributed by atoms with E-state index in [2.05, 4.69) is 5.32 Å². The van der Waals surface area contributed by atoms with E-state index in [-0.39, 0.29) is 17.9 Å². The molecule has 0 aliphatic carbocycles. The molecule has 0 saturated carbocycles. The minimum Gasteiger partial charge on any atom is -0.478 e. The molecular weight excluding hydrogens is 290 g/mol. The number of hydrogen-bond acceptors (Lipinski definition) is 2. The van der Waals surface area contributed by atoms with Crippen LogP contribution in [-0.2, 0) is 11.2 Å². The third-order valence-corrected chi connectivity index (χ3v) is 3.55. The smallest absolute Gasteiger partial charge is 0.335 e. The van der Waals surface area contributed by atoms with Crippen LogP contribution in [-0.4, -0.2) is 17.0 Å². The largest absolute Gasteiger partial charge is 0.478 e. The zero-order valence-corrected chi connectivity index (χ0v) is 12.1. The van der Waals surface area contributed by atoms with Crippen LogP contribution >= 0.6 is 11.6 Å². The van der Waals surface area contributed by atoms with Gasteiger partial charge in [-0.3, -0.25) is 4.79 Å². The van der Waals surface area contributed by atoms with Crippen molar-refractivity contribution >= 4 is 29.2 Å². The van der Waals surface area contributed by atoms with Gasteiger partial charge in [-0.05, 0) is 36.2 Å². The maximum absolute atomic E-state index is 12.1. The summed E-state index contributed by atoms with van der Waals surface area (Å²) >= 11 is 6.00. The zero-order valence-electron chi connectivity index (χ0n) is 11.4. The van der Waals surface area contributed by atoms with Crippen molar-refractivity contribution in [1.29, 1.82) is 0 Å². The van der Waals surface area contributed by atoms with Crippen LogP contribution in [0.1, 0.15) is 21.5 Å². The van der Waals surface area contributed by atoms with Gasteiger partial charge in [0.1, 0.15) is 0 Å². The Morgan fingerprint density at radius 3 is 2.57 bits per heavy atom. The number of anilines is 1. The number of carbonyl (C=O) groups excluding carboxylic acids is 1. The predicted molar refractivity (Wildman–Crippen MR) is 81.9 cm³/mol. The van der Waals surface area contributed by atoms with Gasteiger partial charge in [0.2, 0.25) is 5.91 Å². The summed E-state index contributed by atoms with van der Waals surface area (Å²) in [5.41, 5.74) is 2.01. The molecule has 0 spiro atoms. The van der Waals surface area contributed by atoms with Gasteiger partial charge in [-0.25, -0.2) is 4.79 Å². The number of rotatable bonds is 4. The van der Waals surface area contributed by atoms with E-state index < -0.39 is 5.97 Å². The maximum atomic E-state index is 12.1. The van der Waals surface area contributed by atoms with Crippen molar-refractivity contribution in [3.8, 4) is 0 Å². The van der Waals surface area contributed by atoms with Crippen LogP contribution in [0, 0.1) is 6.92 Å². The summed E-state index contributed by atoms with van der Waals surface area (Å²) in [6.45, 7) is 1.81. The number of carbonyl (C=O) groups is 2. The summed E-state index contributed by atoms with van der Waals surface area (Å²) in [4.78, 5) is 23.2. The van der Waals surface area contributed by atoms with Crippen LogP contribution in [0.15, 0.2) is 42.5 Å². The lowest BCUT2D eigenvalue weighted by molar-refractivity contribution is -0.115. The predicted octanol–water partition coefficient (Wildman–Crippen LogP) is 3.53. The van der Waals surface area contributed by atoms with Gasteiger partial charge in [0.15, 0.2) is 0 Å². The van der Waals surface area contributed by atoms with Crippen LogP contribution in [0.25, 0.3) is 0 Å². The third kappa shape index (κ3) is 3.61. The first-order chi connectivity index (χ1) is 9.99. The van der Waals surface area contributed by atoms with E-state index in [9.17, 15) is 9.59 Å². The molecule has 108 valence electrons. The molecule has 0 saturated heterocycles. The Morgan fingerprint density at radius 1 is 1.14 bits per heavy atom. The lowest BCUT2D eigenvalue weighted by atomic mass is 10.0. The van der Waals surface area contributed by atoms with Crippen LogP contribution in [0.3, 0.4) is 0 Å². The van der Waals surface area contributed by atoms with Gasteiger partial charge in [0, 0.05) is 10.7 Å². The van der Waals surface area contributed by atoms with Gasteiger partial charge >= 0.3 is 5.97 Å². The molecule has 1 amide bonds. The van der Waals surface area contributed by atoms with Crippen LogP contribution in [0.2, 0.25) is 5.02 Å². The number of benzene rings is 2. The molecule has 2 aromatic carbocycles. The lowest BCUT2D eigenvalue weighted by Crippen LogP contribution is -2.17. The molecule has 0 aliphatic heterocycles. The molecule has 0 heterocycles. The number of nitrogens with one attached hydrogen (secondary N) is 1. The van der Waals surface area contributed by atoms with E-state index in [0.29, 0.717) is 16.3 Å². The first-order valence-corrected chi connectivity index (χ1v) is 6.73. The SMILES string of the molecule is Cc1c(Cl)cccc1NC(=O)Cc1ccccc1C(=O)O. The Morgan fingerprint density at radius 2 is 1.86 bits per heavy atom. The second-order valence-corrected chi connectivity index (χ2v) is 5.01. The number of aromatic carboxylic acids is 1. The molecule has 0 atom stereocenters. The highest BCUT2D eigenvalue weighted by atomic mass is 35.5. The zero-order chi connectivity index (χ0) is 15.4. The summed E-state index contributed by atoms with van der Waals surface area (Å²) in [7, 11) is 0. The Labute approximate surface area is 127 Å². The molecule has 0 aliphatic rings. The first kappa shape index (κ1) is 15.1. The summed E-state index contributed by atoms with van der Waals surface area (Å²) in [5.74, 6) is -1.33. The van der Waals surface area contributed by atoms with Gasteiger partial charge in [0.05, 0.1) is 12.0 Å². The van der Waals surface area contributed by atoms with Crippen molar-refractivity contribution in [2.24, 2.45) is 0 Å². The van der Waals surface area contributed by atoms with Gasteiger partial charge < -0.3 is 10.4 Å². The standard InChI is InChI=1S/C16H14ClNO3/c1-10-13(17)7-4-8-14(10)18-15(19)9-11-5-2-3-6-12(11)16(20)21/h2-8H,9H2,1H3,(H,18,19)(H,20,21). The number of carboxylic acids is 1. The normalized spacial score (nSPS) is 10.2. The molecule has 5 heteroatoms. The van der Waals surface area contributed by atoms with E-state index in [1.807, 2.05) is 6.92 Å². The van der Waals surface area contributed by atoms with E-state index in [4.69, 9.17) is 16.7 Å². The Bertz CT molecular complexity index is 698. The second-order valence-electron chi connectivity index (χ2n) is 4.60. The van der Waals surface area contributed by atoms with Crippen molar-refractivity contribution in [3.63, 3.8) is 0 Å². The van der Waals surface area contributed by atoms with Crippen LogP contribution in [0.4, 0.5) is 5.69 Å². The molecule has 21 heavy (non-hydrogen) atoms. The fourth-order valence-electron chi connectivity index (χ4n) is 1.99.